The molecule has 0 aliphatic heterocycles. The largest absolute Gasteiger partial charge is 0.444 e. The van der Waals surface area contributed by atoms with E-state index in [-0.39, 0.29) is 24.0 Å². The first-order chi connectivity index (χ1) is 13.5. The van der Waals surface area contributed by atoms with E-state index in [0.717, 1.165) is 24.0 Å². The van der Waals surface area contributed by atoms with Gasteiger partial charge < -0.3 is 15.1 Å². The Labute approximate surface area is 190 Å². The summed E-state index contributed by atoms with van der Waals surface area (Å²) in [6.07, 6.45) is 0. The van der Waals surface area contributed by atoms with Crippen LogP contribution in [0.2, 0.25) is 0 Å². The second-order valence-electron chi connectivity index (χ2n) is 6.87. The number of oxazole rings is 1. The Kier molecular flexibility index (Phi) is 8.70. The molecule has 0 saturated heterocycles. The second-order valence-corrected chi connectivity index (χ2v) is 6.87. The van der Waals surface area contributed by atoms with Crippen LogP contribution >= 0.6 is 24.0 Å². The number of aliphatic imine (C=N–C) groups is 1. The minimum absolute atomic E-state index is 0. The molecule has 154 valence electrons. The van der Waals surface area contributed by atoms with E-state index < -0.39 is 0 Å². The van der Waals surface area contributed by atoms with Gasteiger partial charge in [-0.15, -0.1) is 24.0 Å². The highest BCUT2D eigenvalue weighted by Crippen LogP contribution is 2.21. The van der Waals surface area contributed by atoms with Gasteiger partial charge in [0.1, 0.15) is 5.76 Å². The number of aryl methyl sites for hydroxylation is 3. The van der Waals surface area contributed by atoms with Crippen LogP contribution in [0.1, 0.15) is 35.4 Å². The minimum Gasteiger partial charge on any atom is -0.444 e. The highest BCUT2D eigenvalue weighted by Gasteiger charge is 2.06. The van der Waals surface area contributed by atoms with E-state index in [1.54, 1.807) is 0 Å². The molecule has 1 aromatic heterocycles. The standard InChI is InChI=1S/C23H28N4O.HI/c1-5-24-23(26-15-22-27-17(3)18(4)28-22)25-14-19-9-7-11-21(13-19)20-10-6-8-16(2)12-20;/h6-13H,5,14-15H2,1-4H3,(H2,24,25,26);1H. The van der Waals surface area contributed by atoms with E-state index in [1.807, 2.05) is 13.8 Å². The van der Waals surface area contributed by atoms with Crippen molar-refractivity contribution in [2.24, 2.45) is 4.99 Å². The number of hydrogen-bond acceptors (Lipinski definition) is 3. The van der Waals surface area contributed by atoms with Crippen LogP contribution in [0.5, 0.6) is 0 Å². The third kappa shape index (κ3) is 6.59. The summed E-state index contributed by atoms with van der Waals surface area (Å²) in [5.41, 5.74) is 5.79. The normalized spacial score (nSPS) is 11.1. The molecule has 0 aliphatic carbocycles. The molecule has 0 aliphatic rings. The third-order valence-corrected chi connectivity index (χ3v) is 4.52. The maximum atomic E-state index is 5.62. The van der Waals surface area contributed by atoms with Gasteiger partial charge in [-0.2, -0.15) is 0 Å². The molecule has 0 radical (unpaired) electrons. The van der Waals surface area contributed by atoms with Crippen molar-refractivity contribution in [2.75, 3.05) is 6.54 Å². The average molecular weight is 504 g/mol. The van der Waals surface area contributed by atoms with Gasteiger partial charge in [0.15, 0.2) is 5.96 Å². The molecular formula is C23H29IN4O. The van der Waals surface area contributed by atoms with Crippen LogP contribution < -0.4 is 10.6 Å². The Hall–Kier alpha value is -2.35. The molecule has 2 aromatic carbocycles. The van der Waals surface area contributed by atoms with Crippen LogP contribution in [0.25, 0.3) is 11.1 Å². The fraction of sp³-hybridized carbons (Fsp3) is 0.304. The van der Waals surface area contributed by atoms with Crippen molar-refractivity contribution >= 4 is 29.9 Å². The average Bonchev–Trinajstić information content (AvgIpc) is 3.02. The molecule has 0 unspecified atom stereocenters. The number of rotatable bonds is 6. The molecule has 5 nitrogen and oxygen atoms in total. The van der Waals surface area contributed by atoms with Gasteiger partial charge in [-0.1, -0.05) is 48.0 Å². The lowest BCUT2D eigenvalue weighted by Gasteiger charge is -2.10. The van der Waals surface area contributed by atoms with Crippen LogP contribution in [0, 0.1) is 20.8 Å². The van der Waals surface area contributed by atoms with Crippen molar-refractivity contribution in [1.29, 1.82) is 0 Å². The molecule has 0 spiro atoms. The quantitative estimate of drug-likeness (QED) is 0.277. The Morgan fingerprint density at radius 1 is 1.00 bits per heavy atom. The number of nitrogens with one attached hydrogen (secondary N) is 2. The van der Waals surface area contributed by atoms with E-state index in [4.69, 9.17) is 9.41 Å². The lowest BCUT2D eigenvalue weighted by Crippen LogP contribution is -2.36. The van der Waals surface area contributed by atoms with Crippen LogP contribution in [-0.4, -0.2) is 17.5 Å². The van der Waals surface area contributed by atoms with E-state index in [2.05, 4.69) is 78.0 Å². The van der Waals surface area contributed by atoms with E-state index >= 15 is 0 Å². The molecule has 0 amide bonds. The number of hydrogen-bond donors (Lipinski definition) is 2. The summed E-state index contributed by atoms with van der Waals surface area (Å²) < 4.78 is 5.62. The minimum atomic E-state index is 0. The molecule has 1 heterocycles. The summed E-state index contributed by atoms with van der Waals surface area (Å²) in [6, 6.07) is 17.1. The molecule has 0 atom stereocenters. The Morgan fingerprint density at radius 2 is 1.72 bits per heavy atom. The predicted octanol–water partition coefficient (Wildman–Crippen LogP) is 5.14. The number of aromatic nitrogens is 1. The third-order valence-electron chi connectivity index (χ3n) is 4.52. The number of nitrogens with zero attached hydrogens (tertiary/aromatic N) is 2. The van der Waals surface area contributed by atoms with Crippen molar-refractivity contribution in [2.45, 2.75) is 40.8 Å². The highest BCUT2D eigenvalue weighted by atomic mass is 127. The topological polar surface area (TPSA) is 62.5 Å². The maximum absolute atomic E-state index is 5.62. The van der Waals surface area contributed by atoms with E-state index in [9.17, 15) is 0 Å². The van der Waals surface area contributed by atoms with Gasteiger partial charge in [0.05, 0.1) is 18.8 Å². The molecule has 3 aromatic rings. The van der Waals surface area contributed by atoms with Crippen LogP contribution in [-0.2, 0) is 13.1 Å². The fourth-order valence-electron chi connectivity index (χ4n) is 2.96. The van der Waals surface area contributed by atoms with Crippen molar-refractivity contribution in [1.82, 2.24) is 15.6 Å². The van der Waals surface area contributed by atoms with Gasteiger partial charge in [0.2, 0.25) is 5.89 Å². The zero-order valence-corrected chi connectivity index (χ0v) is 19.8. The van der Waals surface area contributed by atoms with Crippen LogP contribution in [0.3, 0.4) is 0 Å². The lowest BCUT2D eigenvalue weighted by molar-refractivity contribution is 0.463. The van der Waals surface area contributed by atoms with Crippen molar-refractivity contribution in [3.63, 3.8) is 0 Å². The Morgan fingerprint density at radius 3 is 2.38 bits per heavy atom. The summed E-state index contributed by atoms with van der Waals surface area (Å²) >= 11 is 0. The Bertz CT molecular complexity index is 946. The van der Waals surface area contributed by atoms with Crippen LogP contribution in [0.4, 0.5) is 0 Å². The predicted molar refractivity (Wildman–Crippen MR) is 130 cm³/mol. The van der Waals surface area contributed by atoms with Crippen LogP contribution in [0.15, 0.2) is 57.9 Å². The zero-order valence-electron chi connectivity index (χ0n) is 17.5. The zero-order chi connectivity index (χ0) is 19.9. The monoisotopic (exact) mass is 504 g/mol. The molecule has 0 fully saturated rings. The summed E-state index contributed by atoms with van der Waals surface area (Å²) in [6.45, 7) is 9.92. The Balaban J connectivity index is 0.00000300. The number of guanidine groups is 1. The molecule has 29 heavy (non-hydrogen) atoms. The summed E-state index contributed by atoms with van der Waals surface area (Å²) in [5, 5.41) is 6.55. The number of benzene rings is 2. The van der Waals surface area contributed by atoms with Gasteiger partial charge in [-0.05, 0) is 50.5 Å². The SMILES string of the molecule is CCNC(=NCc1cccc(-c2cccc(C)c2)c1)NCc1nc(C)c(C)o1.I. The van der Waals surface area contributed by atoms with Gasteiger partial charge >= 0.3 is 0 Å². The first-order valence-electron chi connectivity index (χ1n) is 9.66. The molecule has 2 N–H and O–H groups in total. The smallest absolute Gasteiger partial charge is 0.214 e. The maximum Gasteiger partial charge on any atom is 0.214 e. The fourth-order valence-corrected chi connectivity index (χ4v) is 2.96. The molecular weight excluding hydrogens is 475 g/mol. The molecule has 0 bridgehead atoms. The first kappa shape index (κ1) is 22.9. The second kappa shape index (κ2) is 11.0. The highest BCUT2D eigenvalue weighted by molar-refractivity contribution is 14.0. The first-order valence-corrected chi connectivity index (χ1v) is 9.66. The van der Waals surface area contributed by atoms with Gasteiger partial charge in [0, 0.05) is 6.54 Å². The molecule has 3 rings (SSSR count). The van der Waals surface area contributed by atoms with Gasteiger partial charge in [-0.25, -0.2) is 9.98 Å². The van der Waals surface area contributed by atoms with E-state index in [0.29, 0.717) is 19.0 Å². The molecule has 6 heteroatoms. The number of halogens is 1. The molecule has 0 saturated carbocycles. The summed E-state index contributed by atoms with van der Waals surface area (Å²) in [4.78, 5) is 9.11. The van der Waals surface area contributed by atoms with Gasteiger partial charge in [0.25, 0.3) is 0 Å². The van der Waals surface area contributed by atoms with Crippen molar-refractivity contribution in [3.05, 3.63) is 77.0 Å². The lowest BCUT2D eigenvalue weighted by atomic mass is 10.0. The van der Waals surface area contributed by atoms with Crippen molar-refractivity contribution in [3.8, 4) is 11.1 Å². The van der Waals surface area contributed by atoms with Gasteiger partial charge in [-0.3, -0.25) is 0 Å². The van der Waals surface area contributed by atoms with Crippen molar-refractivity contribution < 1.29 is 4.42 Å². The summed E-state index contributed by atoms with van der Waals surface area (Å²) in [5.74, 6) is 2.27. The summed E-state index contributed by atoms with van der Waals surface area (Å²) in [7, 11) is 0. The van der Waals surface area contributed by atoms with E-state index in [1.165, 1.54) is 22.3 Å².